The number of nitrogens with one attached hydrogen (secondary N) is 1. The summed E-state index contributed by atoms with van der Waals surface area (Å²) in [5, 5.41) is 3.79. The third-order valence-corrected chi connectivity index (χ3v) is 6.80. The zero-order chi connectivity index (χ0) is 14.3. The van der Waals surface area contributed by atoms with Crippen molar-refractivity contribution in [3.63, 3.8) is 0 Å². The molecule has 0 spiro atoms. The molecule has 2 aliphatic carbocycles. The van der Waals surface area contributed by atoms with Gasteiger partial charge in [0, 0.05) is 15.8 Å². The summed E-state index contributed by atoms with van der Waals surface area (Å²) in [6.45, 7) is 10.3. The van der Waals surface area contributed by atoms with E-state index in [-0.39, 0.29) is 5.41 Å². The maximum absolute atomic E-state index is 3.79. The fourth-order valence-corrected chi connectivity index (χ4v) is 5.31. The zero-order valence-corrected chi connectivity index (χ0v) is 14.2. The molecule has 2 fully saturated rings. The molecule has 3 atom stereocenters. The average Bonchev–Trinajstić information content (AvgIpc) is 2.88. The molecule has 1 nitrogen and oxygen atoms in total. The van der Waals surface area contributed by atoms with Crippen LogP contribution in [0.4, 0.5) is 0 Å². The van der Waals surface area contributed by atoms with Gasteiger partial charge in [0.05, 0.1) is 0 Å². The van der Waals surface area contributed by atoms with Crippen LogP contribution >= 0.6 is 11.3 Å². The van der Waals surface area contributed by atoms with Gasteiger partial charge in [-0.1, -0.05) is 40.5 Å². The van der Waals surface area contributed by atoms with E-state index < -0.39 is 0 Å². The summed E-state index contributed by atoms with van der Waals surface area (Å²) >= 11 is 2.04. The van der Waals surface area contributed by atoms with E-state index in [0.29, 0.717) is 6.04 Å². The van der Waals surface area contributed by atoms with Crippen LogP contribution in [0, 0.1) is 17.8 Å². The minimum atomic E-state index is 0.288. The molecule has 0 radical (unpaired) electrons. The normalized spacial score (nSPS) is 30.9. The van der Waals surface area contributed by atoms with E-state index in [4.69, 9.17) is 0 Å². The summed E-state index contributed by atoms with van der Waals surface area (Å²) in [6.07, 6.45) is 5.89. The Labute approximate surface area is 128 Å². The minimum absolute atomic E-state index is 0.288. The number of hydrogen-bond acceptors (Lipinski definition) is 2. The van der Waals surface area contributed by atoms with Crippen molar-refractivity contribution in [2.24, 2.45) is 17.8 Å². The van der Waals surface area contributed by atoms with Crippen molar-refractivity contribution in [2.45, 2.75) is 64.8 Å². The molecule has 1 N–H and O–H groups in total. The summed E-state index contributed by atoms with van der Waals surface area (Å²) in [5.41, 5.74) is 0.288. The molecule has 1 aromatic rings. The lowest BCUT2D eigenvalue weighted by atomic mass is 9.95. The van der Waals surface area contributed by atoms with Crippen molar-refractivity contribution >= 4 is 11.3 Å². The summed E-state index contributed by atoms with van der Waals surface area (Å²) in [5.74, 6) is 2.96. The van der Waals surface area contributed by atoms with E-state index in [9.17, 15) is 0 Å². The third kappa shape index (κ3) is 2.69. The van der Waals surface area contributed by atoms with Gasteiger partial charge in [0.1, 0.15) is 0 Å². The highest BCUT2D eigenvalue weighted by Gasteiger charge is 2.54. The highest BCUT2D eigenvalue weighted by Crippen LogP contribution is 2.60. The lowest BCUT2D eigenvalue weighted by Crippen LogP contribution is -2.23. The van der Waals surface area contributed by atoms with Gasteiger partial charge >= 0.3 is 0 Å². The molecule has 1 aromatic heterocycles. The molecule has 1 heterocycles. The summed E-state index contributed by atoms with van der Waals surface area (Å²) in [4.78, 5) is 3.11. The van der Waals surface area contributed by atoms with E-state index in [2.05, 4.69) is 45.1 Å². The molecule has 2 saturated carbocycles. The van der Waals surface area contributed by atoms with Gasteiger partial charge in [-0.15, -0.1) is 11.3 Å². The smallest absolute Gasteiger partial charge is 0.0448 e. The van der Waals surface area contributed by atoms with Gasteiger partial charge in [0.15, 0.2) is 0 Å². The Hall–Kier alpha value is -0.340. The molecule has 0 amide bonds. The monoisotopic (exact) mass is 291 g/mol. The minimum Gasteiger partial charge on any atom is -0.309 e. The summed E-state index contributed by atoms with van der Waals surface area (Å²) in [7, 11) is 0. The van der Waals surface area contributed by atoms with Crippen LogP contribution in [0.25, 0.3) is 0 Å². The van der Waals surface area contributed by atoms with Crippen LogP contribution in [-0.4, -0.2) is 6.54 Å². The molecule has 3 unspecified atom stereocenters. The molecule has 2 aliphatic rings. The second-order valence-electron chi connectivity index (χ2n) is 7.68. The number of thiophene rings is 1. The Bertz CT molecular complexity index is 444. The van der Waals surface area contributed by atoms with Crippen molar-refractivity contribution in [3.8, 4) is 0 Å². The first-order valence-corrected chi connectivity index (χ1v) is 9.17. The Morgan fingerprint density at radius 2 is 1.85 bits per heavy atom. The number of fused-ring (bicyclic) bond motifs is 1. The SMILES string of the molecule is CCNC(c1ccc(C(C)(C)C)s1)C1C2CCCCC21. The van der Waals surface area contributed by atoms with Crippen LogP contribution in [0.1, 0.15) is 69.2 Å². The molecule has 0 aliphatic heterocycles. The molecule has 112 valence electrons. The lowest BCUT2D eigenvalue weighted by molar-refractivity contribution is 0.463. The fourth-order valence-electron chi connectivity index (χ4n) is 4.11. The Balaban J connectivity index is 1.79. The van der Waals surface area contributed by atoms with Gasteiger partial charge in [-0.25, -0.2) is 0 Å². The van der Waals surface area contributed by atoms with E-state index in [0.717, 1.165) is 24.3 Å². The molecule has 2 heteroatoms. The average molecular weight is 292 g/mol. The highest BCUT2D eigenvalue weighted by molar-refractivity contribution is 7.12. The zero-order valence-electron chi connectivity index (χ0n) is 13.4. The Morgan fingerprint density at radius 3 is 2.35 bits per heavy atom. The van der Waals surface area contributed by atoms with Gasteiger partial charge in [0.2, 0.25) is 0 Å². The quantitative estimate of drug-likeness (QED) is 0.810. The van der Waals surface area contributed by atoms with Crippen LogP contribution in [0.15, 0.2) is 12.1 Å². The molecule has 3 rings (SSSR count). The first-order valence-electron chi connectivity index (χ1n) is 8.36. The molecule has 0 bridgehead atoms. The number of hydrogen-bond donors (Lipinski definition) is 1. The second kappa shape index (κ2) is 5.46. The topological polar surface area (TPSA) is 12.0 Å². The maximum atomic E-state index is 3.79. The van der Waals surface area contributed by atoms with E-state index in [1.807, 2.05) is 11.3 Å². The summed E-state index contributed by atoms with van der Waals surface area (Å²) < 4.78 is 0. The van der Waals surface area contributed by atoms with Crippen molar-refractivity contribution in [3.05, 3.63) is 21.9 Å². The molecule has 0 saturated heterocycles. The predicted molar refractivity (Wildman–Crippen MR) is 88.4 cm³/mol. The van der Waals surface area contributed by atoms with E-state index in [1.165, 1.54) is 30.6 Å². The van der Waals surface area contributed by atoms with Crippen molar-refractivity contribution in [2.75, 3.05) is 6.54 Å². The second-order valence-corrected chi connectivity index (χ2v) is 8.79. The standard InChI is InChI=1S/C18H29NS/c1-5-19-17(16-12-8-6-7-9-13(12)16)14-10-11-15(20-14)18(2,3)4/h10-13,16-17,19H,5-9H2,1-4H3. The fraction of sp³-hybridized carbons (Fsp3) is 0.778. The predicted octanol–water partition coefficient (Wildman–Crippen LogP) is 5.13. The van der Waals surface area contributed by atoms with Crippen LogP contribution in [0.2, 0.25) is 0 Å². The molecular weight excluding hydrogens is 262 g/mol. The van der Waals surface area contributed by atoms with Gasteiger partial charge in [-0.3, -0.25) is 0 Å². The summed E-state index contributed by atoms with van der Waals surface area (Å²) in [6, 6.07) is 5.37. The third-order valence-electron chi connectivity index (χ3n) is 5.20. The van der Waals surface area contributed by atoms with Gasteiger partial charge in [0.25, 0.3) is 0 Å². The lowest BCUT2D eigenvalue weighted by Gasteiger charge is -2.18. The maximum Gasteiger partial charge on any atom is 0.0448 e. The molecular formula is C18H29NS. The first-order chi connectivity index (χ1) is 9.52. The van der Waals surface area contributed by atoms with Crippen molar-refractivity contribution in [1.29, 1.82) is 0 Å². The Morgan fingerprint density at radius 1 is 1.20 bits per heavy atom. The van der Waals surface area contributed by atoms with Crippen LogP contribution < -0.4 is 5.32 Å². The van der Waals surface area contributed by atoms with E-state index >= 15 is 0 Å². The molecule has 0 aromatic carbocycles. The first kappa shape index (κ1) is 14.6. The van der Waals surface area contributed by atoms with Gasteiger partial charge < -0.3 is 5.32 Å². The highest BCUT2D eigenvalue weighted by atomic mass is 32.1. The number of rotatable bonds is 4. The molecule has 20 heavy (non-hydrogen) atoms. The van der Waals surface area contributed by atoms with Gasteiger partial charge in [-0.2, -0.15) is 0 Å². The van der Waals surface area contributed by atoms with Crippen molar-refractivity contribution < 1.29 is 0 Å². The van der Waals surface area contributed by atoms with Gasteiger partial charge in [-0.05, 0) is 54.7 Å². The van der Waals surface area contributed by atoms with Crippen LogP contribution in [-0.2, 0) is 5.41 Å². The van der Waals surface area contributed by atoms with Crippen LogP contribution in [0.3, 0.4) is 0 Å². The Kier molecular flexibility index (Phi) is 3.98. The van der Waals surface area contributed by atoms with Crippen molar-refractivity contribution in [1.82, 2.24) is 5.32 Å². The largest absolute Gasteiger partial charge is 0.309 e. The van der Waals surface area contributed by atoms with Crippen LogP contribution in [0.5, 0.6) is 0 Å². The van der Waals surface area contributed by atoms with E-state index in [1.54, 1.807) is 4.88 Å².